The van der Waals surface area contributed by atoms with Crippen LogP contribution in [-0.4, -0.2) is 0 Å². The highest BCUT2D eigenvalue weighted by Gasteiger charge is 1.98. The van der Waals surface area contributed by atoms with Crippen LogP contribution in [0, 0.1) is 5.82 Å². The maximum absolute atomic E-state index is 12.9. The van der Waals surface area contributed by atoms with Crippen LogP contribution in [0.2, 0.25) is 0 Å². The molecule has 0 aliphatic rings. The number of rotatable bonds is 3. The third-order valence-corrected chi connectivity index (χ3v) is 2.13. The number of ether oxygens (including phenoxy) is 1. The van der Waals surface area contributed by atoms with E-state index < -0.39 is 0 Å². The number of hydrogen-bond donors (Lipinski definition) is 0. The van der Waals surface area contributed by atoms with Gasteiger partial charge < -0.3 is 4.74 Å². The molecule has 0 heterocycles. The molecular weight excluding hydrogens is 203 g/mol. The van der Waals surface area contributed by atoms with Gasteiger partial charge in [0.05, 0.1) is 0 Å². The lowest BCUT2D eigenvalue weighted by Crippen LogP contribution is -1.85. The van der Waals surface area contributed by atoms with Crippen molar-refractivity contribution in [1.82, 2.24) is 0 Å². The normalized spacial score (nSPS) is 9.81. The van der Waals surface area contributed by atoms with Crippen LogP contribution in [0.25, 0.3) is 6.08 Å². The van der Waals surface area contributed by atoms with Crippen LogP contribution in [0.3, 0.4) is 0 Å². The zero-order valence-corrected chi connectivity index (χ0v) is 8.69. The van der Waals surface area contributed by atoms with Crippen LogP contribution in [-0.2, 0) is 0 Å². The molecule has 2 heteroatoms. The van der Waals surface area contributed by atoms with Gasteiger partial charge in [-0.2, -0.15) is 0 Å². The predicted octanol–water partition coefficient (Wildman–Crippen LogP) is 4.26. The van der Waals surface area contributed by atoms with Crippen molar-refractivity contribution < 1.29 is 9.13 Å². The van der Waals surface area contributed by atoms with Crippen molar-refractivity contribution >= 4 is 6.08 Å². The first-order valence-electron chi connectivity index (χ1n) is 4.94. The van der Waals surface area contributed by atoms with E-state index in [-0.39, 0.29) is 5.82 Å². The van der Waals surface area contributed by atoms with Crippen LogP contribution < -0.4 is 4.74 Å². The van der Waals surface area contributed by atoms with E-state index in [4.69, 9.17) is 4.74 Å². The van der Waals surface area contributed by atoms with Crippen molar-refractivity contribution in [3.05, 3.63) is 66.5 Å². The summed E-state index contributed by atoms with van der Waals surface area (Å²) in [6.45, 7) is 3.68. The molecule has 0 saturated carbocycles. The quantitative estimate of drug-likeness (QED) is 0.741. The van der Waals surface area contributed by atoms with Crippen molar-refractivity contribution in [2.24, 2.45) is 0 Å². The van der Waals surface area contributed by atoms with Gasteiger partial charge in [-0.15, -0.1) is 0 Å². The van der Waals surface area contributed by atoms with E-state index in [9.17, 15) is 4.39 Å². The summed E-state index contributed by atoms with van der Waals surface area (Å²) in [5.74, 6) is 0.849. The third-order valence-electron chi connectivity index (χ3n) is 2.13. The SMILES string of the molecule is C=Cc1cccc(Oc2cccc(F)c2)c1. The standard InChI is InChI=1S/C14H11FO/c1-2-11-5-3-7-13(9-11)16-14-8-4-6-12(15)10-14/h2-10H,1H2. The summed E-state index contributed by atoms with van der Waals surface area (Å²) in [4.78, 5) is 0. The van der Waals surface area contributed by atoms with E-state index in [0.717, 1.165) is 5.56 Å². The maximum Gasteiger partial charge on any atom is 0.130 e. The lowest BCUT2D eigenvalue weighted by Gasteiger charge is -2.06. The largest absolute Gasteiger partial charge is 0.457 e. The molecule has 0 aliphatic carbocycles. The lowest BCUT2D eigenvalue weighted by molar-refractivity contribution is 0.476. The third kappa shape index (κ3) is 2.48. The Hall–Kier alpha value is -2.09. The van der Waals surface area contributed by atoms with Crippen LogP contribution in [0.15, 0.2) is 55.1 Å². The maximum atomic E-state index is 12.9. The minimum Gasteiger partial charge on any atom is -0.457 e. The Labute approximate surface area is 93.8 Å². The summed E-state index contributed by atoms with van der Waals surface area (Å²) in [6.07, 6.45) is 1.73. The van der Waals surface area contributed by atoms with Gasteiger partial charge in [0.1, 0.15) is 17.3 Å². The first kappa shape index (κ1) is 10.4. The van der Waals surface area contributed by atoms with Gasteiger partial charge >= 0.3 is 0 Å². The molecule has 2 aromatic carbocycles. The molecule has 1 nitrogen and oxygen atoms in total. The summed E-state index contributed by atoms with van der Waals surface area (Å²) >= 11 is 0. The molecule has 0 bridgehead atoms. The molecule has 0 aromatic heterocycles. The molecule has 16 heavy (non-hydrogen) atoms. The van der Waals surface area contributed by atoms with Crippen molar-refractivity contribution in [2.75, 3.05) is 0 Å². The molecular formula is C14H11FO. The molecule has 0 amide bonds. The van der Waals surface area contributed by atoms with Gasteiger partial charge in [-0.1, -0.05) is 30.9 Å². The van der Waals surface area contributed by atoms with Crippen molar-refractivity contribution in [3.8, 4) is 11.5 Å². The highest BCUT2D eigenvalue weighted by atomic mass is 19.1. The van der Waals surface area contributed by atoms with E-state index in [1.807, 2.05) is 24.3 Å². The molecule has 0 saturated heterocycles. The van der Waals surface area contributed by atoms with Crippen LogP contribution in [0.5, 0.6) is 11.5 Å². The summed E-state index contributed by atoms with van der Waals surface area (Å²) in [7, 11) is 0. The highest BCUT2D eigenvalue weighted by Crippen LogP contribution is 2.22. The van der Waals surface area contributed by atoms with E-state index >= 15 is 0 Å². The van der Waals surface area contributed by atoms with Gasteiger partial charge in [0.25, 0.3) is 0 Å². The van der Waals surface area contributed by atoms with Crippen LogP contribution in [0.4, 0.5) is 4.39 Å². The fourth-order valence-electron chi connectivity index (χ4n) is 1.37. The first-order valence-corrected chi connectivity index (χ1v) is 4.94. The van der Waals surface area contributed by atoms with Gasteiger partial charge in [-0.3, -0.25) is 0 Å². The van der Waals surface area contributed by atoms with Crippen LogP contribution >= 0.6 is 0 Å². The van der Waals surface area contributed by atoms with Gasteiger partial charge in [-0.25, -0.2) is 4.39 Å². The van der Waals surface area contributed by atoms with Gasteiger partial charge in [-0.05, 0) is 29.8 Å². The molecule has 0 radical (unpaired) electrons. The Morgan fingerprint density at radius 1 is 1.00 bits per heavy atom. The number of hydrogen-bond acceptors (Lipinski definition) is 1. The monoisotopic (exact) mass is 214 g/mol. The minimum absolute atomic E-state index is 0.308. The smallest absolute Gasteiger partial charge is 0.130 e. The molecule has 0 aliphatic heterocycles. The second-order valence-corrected chi connectivity index (χ2v) is 3.34. The Morgan fingerprint density at radius 2 is 1.69 bits per heavy atom. The van der Waals surface area contributed by atoms with Crippen molar-refractivity contribution in [3.63, 3.8) is 0 Å². The van der Waals surface area contributed by atoms with Gasteiger partial charge in [0.15, 0.2) is 0 Å². The Morgan fingerprint density at radius 3 is 2.38 bits per heavy atom. The highest BCUT2D eigenvalue weighted by molar-refractivity contribution is 5.50. The van der Waals surface area contributed by atoms with Crippen LogP contribution in [0.1, 0.15) is 5.56 Å². The summed E-state index contributed by atoms with van der Waals surface area (Å²) in [5.41, 5.74) is 0.967. The number of halogens is 1. The van der Waals surface area contributed by atoms with Crippen molar-refractivity contribution in [2.45, 2.75) is 0 Å². The summed E-state index contributed by atoms with van der Waals surface area (Å²) in [6, 6.07) is 13.5. The molecule has 0 atom stereocenters. The van der Waals surface area contributed by atoms with Crippen molar-refractivity contribution in [1.29, 1.82) is 0 Å². The molecule has 80 valence electrons. The topological polar surface area (TPSA) is 9.23 Å². The molecule has 0 fully saturated rings. The zero-order chi connectivity index (χ0) is 11.4. The van der Waals surface area contributed by atoms with E-state index in [2.05, 4.69) is 6.58 Å². The molecule has 2 rings (SSSR count). The minimum atomic E-state index is -0.308. The Balaban J connectivity index is 2.23. The Kier molecular flexibility index (Phi) is 3.01. The average Bonchev–Trinajstić information content (AvgIpc) is 2.29. The van der Waals surface area contributed by atoms with E-state index in [0.29, 0.717) is 11.5 Å². The van der Waals surface area contributed by atoms with Gasteiger partial charge in [0, 0.05) is 6.07 Å². The zero-order valence-electron chi connectivity index (χ0n) is 8.69. The summed E-state index contributed by atoms with van der Waals surface area (Å²) < 4.78 is 18.4. The second kappa shape index (κ2) is 4.62. The van der Waals surface area contributed by atoms with E-state index in [1.54, 1.807) is 18.2 Å². The molecule has 0 N–H and O–H groups in total. The predicted molar refractivity (Wildman–Crippen MR) is 63.0 cm³/mol. The van der Waals surface area contributed by atoms with Gasteiger partial charge in [0.2, 0.25) is 0 Å². The fraction of sp³-hybridized carbons (Fsp3) is 0. The second-order valence-electron chi connectivity index (χ2n) is 3.34. The molecule has 0 spiro atoms. The Bertz CT molecular complexity index is 506. The average molecular weight is 214 g/mol. The number of benzene rings is 2. The van der Waals surface area contributed by atoms with E-state index in [1.165, 1.54) is 12.1 Å². The fourth-order valence-corrected chi connectivity index (χ4v) is 1.37. The summed E-state index contributed by atoms with van der Waals surface area (Å²) in [5, 5.41) is 0. The molecule has 0 unspecified atom stereocenters. The first-order chi connectivity index (χ1) is 7.78. The molecule has 2 aromatic rings. The lowest BCUT2D eigenvalue weighted by atomic mass is 10.2.